The molecule has 0 spiro atoms. The van der Waals surface area contributed by atoms with Gasteiger partial charge in [-0.1, -0.05) is 22.9 Å². The molecule has 2 fully saturated rings. The second kappa shape index (κ2) is 12.3. The molecular formula is C26H32ClN7O3S. The van der Waals surface area contributed by atoms with Gasteiger partial charge in [0, 0.05) is 68.8 Å². The van der Waals surface area contributed by atoms with E-state index < -0.39 is 0 Å². The molecular weight excluding hydrogens is 526 g/mol. The zero-order valence-electron chi connectivity index (χ0n) is 21.4. The maximum Gasteiger partial charge on any atom is 0.326 e. The molecule has 1 aromatic heterocycles. The number of thiazole rings is 1. The minimum absolute atomic E-state index is 0.133. The van der Waals surface area contributed by atoms with Crippen molar-refractivity contribution in [1.29, 1.82) is 0 Å². The fourth-order valence-corrected chi connectivity index (χ4v) is 5.47. The van der Waals surface area contributed by atoms with E-state index in [1.807, 2.05) is 23.1 Å². The van der Waals surface area contributed by atoms with Crippen molar-refractivity contribution >= 4 is 61.7 Å². The molecule has 12 heteroatoms. The van der Waals surface area contributed by atoms with Crippen LogP contribution in [0.1, 0.15) is 0 Å². The molecule has 0 unspecified atom stereocenters. The van der Waals surface area contributed by atoms with Crippen molar-refractivity contribution in [1.82, 2.24) is 19.7 Å². The summed E-state index contributed by atoms with van der Waals surface area (Å²) >= 11 is 7.41. The number of carbonyl (C=O) groups excluding carboxylic acids is 2. The van der Waals surface area contributed by atoms with Gasteiger partial charge in [0.05, 0.1) is 23.4 Å². The van der Waals surface area contributed by atoms with Gasteiger partial charge in [0.2, 0.25) is 0 Å². The lowest BCUT2D eigenvalue weighted by atomic mass is 10.2. The minimum Gasteiger partial charge on any atom is -0.379 e. The highest BCUT2D eigenvalue weighted by molar-refractivity contribution is 7.22. The van der Waals surface area contributed by atoms with E-state index in [1.54, 1.807) is 29.2 Å². The van der Waals surface area contributed by atoms with Crippen molar-refractivity contribution in [2.45, 2.75) is 0 Å². The first kappa shape index (κ1) is 26.6. The lowest BCUT2D eigenvalue weighted by Gasteiger charge is -2.32. The quantitative estimate of drug-likeness (QED) is 0.474. The zero-order valence-corrected chi connectivity index (χ0v) is 22.9. The Balaban J connectivity index is 1.32. The lowest BCUT2D eigenvalue weighted by Crippen LogP contribution is -2.48. The van der Waals surface area contributed by atoms with Crippen LogP contribution >= 0.6 is 22.9 Å². The first-order chi connectivity index (χ1) is 18.4. The predicted octanol–water partition coefficient (Wildman–Crippen LogP) is 4.10. The molecule has 3 heterocycles. The van der Waals surface area contributed by atoms with Crippen LogP contribution in [0.25, 0.3) is 10.2 Å². The van der Waals surface area contributed by atoms with Crippen LogP contribution < -0.4 is 15.5 Å². The number of aromatic nitrogens is 1. The van der Waals surface area contributed by atoms with Gasteiger partial charge in [0.25, 0.3) is 0 Å². The van der Waals surface area contributed by atoms with Gasteiger partial charge in [-0.05, 0) is 49.5 Å². The van der Waals surface area contributed by atoms with Gasteiger partial charge in [-0.3, -0.25) is 15.1 Å². The second-order valence-electron chi connectivity index (χ2n) is 9.43. The number of anilines is 3. The van der Waals surface area contributed by atoms with Gasteiger partial charge >= 0.3 is 12.1 Å². The maximum absolute atomic E-state index is 13.4. The molecule has 0 aliphatic carbocycles. The molecule has 4 amide bonds. The number of amides is 4. The Morgan fingerprint density at radius 1 is 1.03 bits per heavy atom. The molecule has 2 N–H and O–H groups in total. The molecule has 2 saturated heterocycles. The maximum atomic E-state index is 13.4. The van der Waals surface area contributed by atoms with Gasteiger partial charge in [0.1, 0.15) is 0 Å². The SMILES string of the molecule is CN1CCN(C(=O)Nc2nc3ccc(N(CCN4CCOCC4)C(=O)Nc4ccc(Cl)cc4)cc3s2)CC1. The largest absolute Gasteiger partial charge is 0.379 e. The third kappa shape index (κ3) is 6.72. The lowest BCUT2D eigenvalue weighted by molar-refractivity contribution is 0.0393. The third-order valence-corrected chi connectivity index (χ3v) is 7.96. The molecule has 0 bridgehead atoms. The van der Waals surface area contributed by atoms with E-state index in [-0.39, 0.29) is 12.1 Å². The van der Waals surface area contributed by atoms with Crippen molar-refractivity contribution in [3.63, 3.8) is 0 Å². The number of hydrogen-bond donors (Lipinski definition) is 2. The summed E-state index contributed by atoms with van der Waals surface area (Å²) in [4.78, 5) is 38.8. The van der Waals surface area contributed by atoms with Crippen LogP contribution in [-0.2, 0) is 4.74 Å². The number of benzene rings is 2. The third-order valence-electron chi connectivity index (χ3n) is 6.77. The van der Waals surface area contributed by atoms with E-state index >= 15 is 0 Å². The minimum atomic E-state index is -0.229. The summed E-state index contributed by atoms with van der Waals surface area (Å²) in [5, 5.41) is 7.08. The average molecular weight is 558 g/mol. The number of piperazine rings is 1. The Morgan fingerprint density at radius 3 is 2.50 bits per heavy atom. The van der Waals surface area contributed by atoms with Crippen molar-refractivity contribution in [3.05, 3.63) is 47.5 Å². The van der Waals surface area contributed by atoms with Gasteiger partial charge in [0.15, 0.2) is 5.13 Å². The highest BCUT2D eigenvalue weighted by atomic mass is 35.5. The van der Waals surface area contributed by atoms with Crippen LogP contribution in [0.4, 0.5) is 26.1 Å². The molecule has 0 atom stereocenters. The number of nitrogens with zero attached hydrogens (tertiary/aromatic N) is 5. The molecule has 0 radical (unpaired) electrons. The highest BCUT2D eigenvalue weighted by Crippen LogP contribution is 2.30. The highest BCUT2D eigenvalue weighted by Gasteiger charge is 2.22. The molecule has 3 aromatic rings. The first-order valence-corrected chi connectivity index (χ1v) is 13.9. The van der Waals surface area contributed by atoms with Crippen molar-refractivity contribution in [2.24, 2.45) is 0 Å². The summed E-state index contributed by atoms with van der Waals surface area (Å²) in [6.45, 7) is 7.42. The van der Waals surface area contributed by atoms with Gasteiger partial charge in [-0.15, -0.1) is 0 Å². The number of fused-ring (bicyclic) bond motifs is 1. The smallest absolute Gasteiger partial charge is 0.326 e. The number of halogens is 1. The van der Waals surface area contributed by atoms with E-state index in [1.165, 1.54) is 11.3 Å². The second-order valence-corrected chi connectivity index (χ2v) is 10.9. The summed E-state index contributed by atoms with van der Waals surface area (Å²) in [6.07, 6.45) is 0. The van der Waals surface area contributed by atoms with Crippen LogP contribution in [0, 0.1) is 0 Å². The molecule has 0 saturated carbocycles. The Morgan fingerprint density at radius 2 is 1.76 bits per heavy atom. The van der Waals surface area contributed by atoms with E-state index in [0.29, 0.717) is 48.7 Å². The molecule has 10 nitrogen and oxygen atoms in total. The van der Waals surface area contributed by atoms with Gasteiger partial charge < -0.3 is 19.9 Å². The summed E-state index contributed by atoms with van der Waals surface area (Å²) in [7, 11) is 2.06. The number of urea groups is 2. The monoisotopic (exact) mass is 557 g/mol. The van der Waals surface area contributed by atoms with Crippen molar-refractivity contribution < 1.29 is 14.3 Å². The van der Waals surface area contributed by atoms with Crippen LogP contribution in [0.2, 0.25) is 5.02 Å². The van der Waals surface area contributed by atoms with Crippen LogP contribution in [0.5, 0.6) is 0 Å². The Kier molecular flexibility index (Phi) is 8.60. The molecule has 38 heavy (non-hydrogen) atoms. The number of ether oxygens (including phenoxy) is 1. The fraction of sp³-hybridized carbons (Fsp3) is 0.423. The van der Waals surface area contributed by atoms with Crippen molar-refractivity contribution in [2.75, 3.05) is 88.2 Å². The molecule has 2 aromatic carbocycles. The molecule has 2 aliphatic rings. The normalized spacial score (nSPS) is 16.9. The number of nitrogens with one attached hydrogen (secondary N) is 2. The van der Waals surface area contributed by atoms with E-state index in [0.717, 1.165) is 48.6 Å². The average Bonchev–Trinajstić information content (AvgIpc) is 3.32. The fourth-order valence-electron chi connectivity index (χ4n) is 4.45. The molecule has 5 rings (SSSR count). The van der Waals surface area contributed by atoms with Crippen LogP contribution in [-0.4, -0.2) is 104 Å². The summed E-state index contributed by atoms with van der Waals surface area (Å²) in [6, 6.07) is 12.4. The topological polar surface area (TPSA) is 93.3 Å². The summed E-state index contributed by atoms with van der Waals surface area (Å²) in [5.41, 5.74) is 2.21. The summed E-state index contributed by atoms with van der Waals surface area (Å²) in [5.74, 6) is 0. The summed E-state index contributed by atoms with van der Waals surface area (Å²) < 4.78 is 6.36. The van der Waals surface area contributed by atoms with E-state index in [4.69, 9.17) is 16.3 Å². The number of hydrogen-bond acceptors (Lipinski definition) is 7. The molecule has 202 valence electrons. The van der Waals surface area contributed by atoms with Crippen LogP contribution in [0.15, 0.2) is 42.5 Å². The number of carbonyl (C=O) groups is 2. The number of rotatable bonds is 6. The zero-order chi connectivity index (χ0) is 26.5. The number of likely N-dealkylation sites (N-methyl/N-ethyl adjacent to an activating group) is 1. The number of morpholine rings is 1. The first-order valence-electron chi connectivity index (χ1n) is 12.7. The predicted molar refractivity (Wildman–Crippen MR) is 153 cm³/mol. The Hall–Kier alpha value is -2.96. The van der Waals surface area contributed by atoms with Crippen molar-refractivity contribution in [3.8, 4) is 0 Å². The van der Waals surface area contributed by atoms with Gasteiger partial charge in [-0.25, -0.2) is 14.6 Å². The molecule has 2 aliphatic heterocycles. The van der Waals surface area contributed by atoms with E-state index in [9.17, 15) is 9.59 Å². The Labute approximate surface area is 231 Å². The van der Waals surface area contributed by atoms with E-state index in [2.05, 4.69) is 32.5 Å². The van der Waals surface area contributed by atoms with Gasteiger partial charge in [-0.2, -0.15) is 0 Å². The Bertz CT molecular complexity index is 1260. The van der Waals surface area contributed by atoms with Crippen LogP contribution in [0.3, 0.4) is 0 Å². The standard InChI is InChI=1S/C26H32ClN7O3S/c1-31-8-11-33(12-9-31)25(35)30-24-29-22-7-6-21(18-23(22)38-24)34(13-10-32-14-16-37-17-15-32)26(36)28-20-4-2-19(27)3-5-20/h2-7,18H,8-17H2,1H3,(H,28,36)(H,29,30,35).